The molecule has 8 heteroatoms. The zero-order chi connectivity index (χ0) is 24.2. The van der Waals surface area contributed by atoms with Gasteiger partial charge >= 0.3 is 0 Å². The van der Waals surface area contributed by atoms with Crippen LogP contribution in [0.3, 0.4) is 0 Å². The minimum absolute atomic E-state index is 0.137. The van der Waals surface area contributed by atoms with Gasteiger partial charge in [0, 0.05) is 11.6 Å². The second kappa shape index (κ2) is 9.53. The highest BCUT2D eigenvalue weighted by molar-refractivity contribution is 5.98. The van der Waals surface area contributed by atoms with Crippen LogP contribution in [0.5, 0.6) is 5.75 Å². The van der Waals surface area contributed by atoms with Crippen molar-refractivity contribution in [3.8, 4) is 11.8 Å². The third-order valence-electron chi connectivity index (χ3n) is 5.79. The van der Waals surface area contributed by atoms with Crippen LogP contribution in [0, 0.1) is 17.2 Å². The number of carbonyl (C=O) groups is 1. The summed E-state index contributed by atoms with van der Waals surface area (Å²) in [4.78, 5) is 33.0. The SMILES string of the molecule is N#C[C@@H]1C(=O)Nc2nc(Nc3ccccc3)[nH]c(=O)c2[C@H]1c1ccc(OCc2ccccc2)cc1. The molecule has 0 unspecified atom stereocenters. The van der Waals surface area contributed by atoms with Gasteiger partial charge in [0.05, 0.1) is 11.6 Å². The number of carbonyl (C=O) groups excluding carboxylic acids is 1. The molecule has 0 spiro atoms. The number of fused-ring (bicyclic) bond motifs is 1. The van der Waals surface area contributed by atoms with Gasteiger partial charge in [0.1, 0.15) is 24.1 Å². The summed E-state index contributed by atoms with van der Waals surface area (Å²) in [5.41, 5.74) is 2.23. The van der Waals surface area contributed by atoms with Gasteiger partial charge in [0.25, 0.3) is 5.56 Å². The molecule has 1 aromatic heterocycles. The second-order valence-corrected chi connectivity index (χ2v) is 8.08. The van der Waals surface area contributed by atoms with Crippen LogP contribution in [0.25, 0.3) is 0 Å². The van der Waals surface area contributed by atoms with E-state index >= 15 is 0 Å². The van der Waals surface area contributed by atoms with Gasteiger partial charge in [-0.15, -0.1) is 0 Å². The molecule has 1 aliphatic heterocycles. The fourth-order valence-corrected chi connectivity index (χ4v) is 4.10. The Morgan fingerprint density at radius 2 is 1.63 bits per heavy atom. The maximum Gasteiger partial charge on any atom is 0.258 e. The van der Waals surface area contributed by atoms with E-state index in [2.05, 4.69) is 20.6 Å². The molecule has 1 aliphatic rings. The number of rotatable bonds is 6. The molecule has 0 saturated heterocycles. The summed E-state index contributed by atoms with van der Waals surface area (Å²) < 4.78 is 5.84. The predicted octanol–water partition coefficient (Wildman–Crippen LogP) is 4.32. The topological polar surface area (TPSA) is 120 Å². The van der Waals surface area contributed by atoms with Gasteiger partial charge in [-0.05, 0) is 35.4 Å². The van der Waals surface area contributed by atoms with Crippen LogP contribution in [-0.2, 0) is 11.4 Å². The number of nitriles is 1. The zero-order valence-corrected chi connectivity index (χ0v) is 18.6. The standard InChI is InChI=1S/C27H21N5O3/c28-15-21-22(18-11-13-20(14-12-18)35-16-17-7-3-1-4-8-17)23-24(30-25(21)33)31-27(32-26(23)34)29-19-9-5-2-6-10-19/h1-14,21-22H,16H2,(H3,29,30,31,32,33,34)/t21-,22-/m0/s1. The zero-order valence-electron chi connectivity index (χ0n) is 18.6. The molecule has 8 nitrogen and oxygen atoms in total. The number of hydrogen-bond donors (Lipinski definition) is 3. The molecule has 1 amide bonds. The van der Waals surface area contributed by atoms with Crippen molar-refractivity contribution in [1.82, 2.24) is 9.97 Å². The van der Waals surface area contributed by atoms with Crippen molar-refractivity contribution >= 4 is 23.4 Å². The van der Waals surface area contributed by atoms with Crippen LogP contribution in [0.1, 0.15) is 22.6 Å². The molecular weight excluding hydrogens is 442 g/mol. The fraction of sp³-hybridized carbons (Fsp3) is 0.111. The monoisotopic (exact) mass is 463 g/mol. The van der Waals surface area contributed by atoms with Crippen LogP contribution in [0.4, 0.5) is 17.5 Å². The number of amides is 1. The third-order valence-corrected chi connectivity index (χ3v) is 5.79. The van der Waals surface area contributed by atoms with Crippen LogP contribution in [-0.4, -0.2) is 15.9 Å². The number of nitrogens with one attached hydrogen (secondary N) is 3. The van der Waals surface area contributed by atoms with Crippen molar-refractivity contribution in [2.45, 2.75) is 12.5 Å². The Balaban J connectivity index is 1.45. The van der Waals surface area contributed by atoms with E-state index in [1.54, 1.807) is 24.3 Å². The van der Waals surface area contributed by atoms with E-state index in [-0.39, 0.29) is 17.3 Å². The largest absolute Gasteiger partial charge is 0.489 e. The number of hydrogen-bond acceptors (Lipinski definition) is 6. The molecule has 0 saturated carbocycles. The number of ether oxygens (including phenoxy) is 1. The molecule has 4 aromatic rings. The molecule has 3 N–H and O–H groups in total. The van der Waals surface area contributed by atoms with Crippen molar-refractivity contribution in [2.75, 3.05) is 10.6 Å². The van der Waals surface area contributed by atoms with Gasteiger partial charge in [0.2, 0.25) is 11.9 Å². The van der Waals surface area contributed by atoms with Crippen molar-refractivity contribution in [3.63, 3.8) is 0 Å². The Kier molecular flexibility index (Phi) is 5.97. The number of anilines is 3. The molecule has 172 valence electrons. The minimum Gasteiger partial charge on any atom is -0.489 e. The van der Waals surface area contributed by atoms with Gasteiger partial charge < -0.3 is 15.4 Å². The maximum atomic E-state index is 13.1. The summed E-state index contributed by atoms with van der Waals surface area (Å²) in [7, 11) is 0. The lowest BCUT2D eigenvalue weighted by Crippen LogP contribution is -2.38. The predicted molar refractivity (Wildman–Crippen MR) is 131 cm³/mol. The van der Waals surface area contributed by atoms with Crippen molar-refractivity contribution in [1.29, 1.82) is 5.26 Å². The lowest BCUT2D eigenvalue weighted by atomic mass is 9.79. The Hall–Kier alpha value is -4.90. The van der Waals surface area contributed by atoms with E-state index in [4.69, 9.17) is 4.74 Å². The molecule has 2 heterocycles. The number of H-pyrrole nitrogens is 1. The first-order chi connectivity index (χ1) is 17.1. The fourth-order valence-electron chi connectivity index (χ4n) is 4.10. The average molecular weight is 463 g/mol. The summed E-state index contributed by atoms with van der Waals surface area (Å²) in [5, 5.41) is 15.4. The van der Waals surface area contributed by atoms with Crippen LogP contribution < -0.4 is 20.9 Å². The van der Waals surface area contributed by atoms with E-state index < -0.39 is 23.3 Å². The lowest BCUT2D eigenvalue weighted by molar-refractivity contribution is -0.119. The van der Waals surface area contributed by atoms with E-state index in [9.17, 15) is 14.9 Å². The molecule has 35 heavy (non-hydrogen) atoms. The second-order valence-electron chi connectivity index (χ2n) is 8.08. The molecule has 0 bridgehead atoms. The van der Waals surface area contributed by atoms with E-state index in [0.717, 1.165) is 11.3 Å². The summed E-state index contributed by atoms with van der Waals surface area (Å²) >= 11 is 0. The van der Waals surface area contributed by atoms with Gasteiger partial charge in [0.15, 0.2) is 0 Å². The van der Waals surface area contributed by atoms with E-state index in [0.29, 0.717) is 17.9 Å². The molecule has 2 atom stereocenters. The number of aromatic amines is 1. The van der Waals surface area contributed by atoms with Gasteiger partial charge in [-0.2, -0.15) is 10.2 Å². The molecule has 0 radical (unpaired) electrons. The summed E-state index contributed by atoms with van der Waals surface area (Å²) in [6.45, 7) is 0.413. The van der Waals surface area contributed by atoms with E-state index in [1.807, 2.05) is 66.7 Å². The lowest BCUT2D eigenvalue weighted by Gasteiger charge is -2.28. The quantitative estimate of drug-likeness (QED) is 0.392. The Morgan fingerprint density at radius 1 is 0.943 bits per heavy atom. The molecular formula is C27H21N5O3. The van der Waals surface area contributed by atoms with Crippen molar-refractivity contribution in [3.05, 3.63) is 112 Å². The van der Waals surface area contributed by atoms with Gasteiger partial charge in [-0.25, -0.2) is 0 Å². The Morgan fingerprint density at radius 3 is 2.31 bits per heavy atom. The van der Waals surface area contributed by atoms with Crippen molar-refractivity contribution in [2.24, 2.45) is 5.92 Å². The van der Waals surface area contributed by atoms with Crippen LogP contribution >= 0.6 is 0 Å². The number of benzene rings is 3. The molecule has 3 aromatic carbocycles. The highest BCUT2D eigenvalue weighted by Crippen LogP contribution is 2.38. The first-order valence-electron chi connectivity index (χ1n) is 11.1. The smallest absolute Gasteiger partial charge is 0.258 e. The molecule has 5 rings (SSSR count). The highest BCUT2D eigenvalue weighted by Gasteiger charge is 2.40. The highest BCUT2D eigenvalue weighted by atomic mass is 16.5. The summed E-state index contributed by atoms with van der Waals surface area (Å²) in [6.07, 6.45) is 0. The maximum absolute atomic E-state index is 13.1. The van der Waals surface area contributed by atoms with Gasteiger partial charge in [-0.3, -0.25) is 14.6 Å². The number of para-hydroxylation sites is 1. The van der Waals surface area contributed by atoms with E-state index in [1.165, 1.54) is 0 Å². The van der Waals surface area contributed by atoms with Crippen LogP contribution in [0.2, 0.25) is 0 Å². The van der Waals surface area contributed by atoms with Crippen LogP contribution in [0.15, 0.2) is 89.7 Å². The number of nitrogens with zero attached hydrogens (tertiary/aromatic N) is 2. The first-order valence-corrected chi connectivity index (χ1v) is 11.1. The minimum atomic E-state index is -1.07. The Labute approximate surface area is 201 Å². The summed E-state index contributed by atoms with van der Waals surface area (Å²) in [6, 6.07) is 28.1. The first kappa shape index (κ1) is 21.9. The molecule has 0 aliphatic carbocycles. The number of aromatic nitrogens is 2. The molecule has 0 fully saturated rings. The Bertz CT molecular complexity index is 1440. The van der Waals surface area contributed by atoms with Gasteiger partial charge in [-0.1, -0.05) is 60.7 Å². The third kappa shape index (κ3) is 4.61. The summed E-state index contributed by atoms with van der Waals surface area (Å²) in [5.74, 6) is -1.38. The normalized spacial score (nSPS) is 16.5. The van der Waals surface area contributed by atoms with Crippen molar-refractivity contribution < 1.29 is 9.53 Å². The average Bonchev–Trinajstić information content (AvgIpc) is 2.88.